The summed E-state index contributed by atoms with van der Waals surface area (Å²) < 4.78 is 18.6. The molecule has 1 saturated heterocycles. The molecule has 22 heavy (non-hydrogen) atoms. The Bertz CT molecular complexity index is 627. The number of amides is 1. The second kappa shape index (κ2) is 6.71. The van der Waals surface area contributed by atoms with Crippen LogP contribution in [0, 0.1) is 5.82 Å². The van der Waals surface area contributed by atoms with Crippen LogP contribution in [-0.4, -0.2) is 30.5 Å². The fraction of sp³-hybridized carbons (Fsp3) is 0.278. The molecule has 4 heteroatoms. The number of nitrogens with zero attached hydrogens (tertiary/aromatic N) is 1. The van der Waals surface area contributed by atoms with Crippen molar-refractivity contribution in [2.75, 3.05) is 19.7 Å². The summed E-state index contributed by atoms with van der Waals surface area (Å²) in [7, 11) is 0. The fourth-order valence-electron chi connectivity index (χ4n) is 2.62. The van der Waals surface area contributed by atoms with Crippen LogP contribution >= 0.6 is 0 Å². The SMILES string of the molecule is O=C1COC(c2ccc(F)cc2)CN1CCc1ccccc1. The van der Waals surface area contributed by atoms with E-state index in [0.717, 1.165) is 12.0 Å². The zero-order chi connectivity index (χ0) is 15.4. The molecule has 1 aliphatic rings. The van der Waals surface area contributed by atoms with E-state index in [-0.39, 0.29) is 24.4 Å². The first-order valence-electron chi connectivity index (χ1n) is 7.41. The van der Waals surface area contributed by atoms with E-state index in [1.165, 1.54) is 17.7 Å². The van der Waals surface area contributed by atoms with E-state index in [1.54, 1.807) is 12.1 Å². The zero-order valence-corrected chi connectivity index (χ0v) is 12.2. The average Bonchev–Trinajstić information content (AvgIpc) is 2.56. The van der Waals surface area contributed by atoms with Crippen LogP contribution < -0.4 is 0 Å². The van der Waals surface area contributed by atoms with Crippen molar-refractivity contribution in [2.24, 2.45) is 0 Å². The van der Waals surface area contributed by atoms with Gasteiger partial charge in [-0.05, 0) is 29.7 Å². The molecule has 1 fully saturated rings. The standard InChI is InChI=1S/C18H18FNO2/c19-16-8-6-15(7-9-16)17-12-20(18(21)13-22-17)11-10-14-4-2-1-3-5-14/h1-9,17H,10-13H2. The Balaban J connectivity index is 1.63. The third-order valence-corrected chi connectivity index (χ3v) is 3.90. The Kier molecular flexibility index (Phi) is 4.49. The number of hydrogen-bond acceptors (Lipinski definition) is 2. The lowest BCUT2D eigenvalue weighted by Crippen LogP contribution is -2.44. The molecular formula is C18H18FNO2. The maximum Gasteiger partial charge on any atom is 0.248 e. The molecule has 0 bridgehead atoms. The monoisotopic (exact) mass is 299 g/mol. The first-order chi connectivity index (χ1) is 10.7. The van der Waals surface area contributed by atoms with E-state index in [9.17, 15) is 9.18 Å². The Morgan fingerprint density at radius 1 is 1.09 bits per heavy atom. The molecule has 0 aromatic heterocycles. The summed E-state index contributed by atoms with van der Waals surface area (Å²) >= 11 is 0. The zero-order valence-electron chi connectivity index (χ0n) is 12.2. The topological polar surface area (TPSA) is 29.5 Å². The number of morpholine rings is 1. The van der Waals surface area contributed by atoms with Gasteiger partial charge in [-0.3, -0.25) is 4.79 Å². The van der Waals surface area contributed by atoms with E-state index in [0.29, 0.717) is 13.1 Å². The third kappa shape index (κ3) is 3.52. The van der Waals surface area contributed by atoms with Crippen molar-refractivity contribution in [1.29, 1.82) is 0 Å². The summed E-state index contributed by atoms with van der Waals surface area (Å²) in [5, 5.41) is 0. The van der Waals surface area contributed by atoms with Crippen molar-refractivity contribution in [3.63, 3.8) is 0 Å². The van der Waals surface area contributed by atoms with Crippen molar-refractivity contribution < 1.29 is 13.9 Å². The van der Waals surface area contributed by atoms with Crippen LogP contribution in [0.1, 0.15) is 17.2 Å². The van der Waals surface area contributed by atoms with Crippen LogP contribution in [0.3, 0.4) is 0 Å². The molecule has 1 aliphatic heterocycles. The predicted molar refractivity (Wildman–Crippen MR) is 81.8 cm³/mol. The van der Waals surface area contributed by atoms with Gasteiger partial charge in [0.05, 0.1) is 6.54 Å². The van der Waals surface area contributed by atoms with Crippen molar-refractivity contribution in [1.82, 2.24) is 4.90 Å². The number of carbonyl (C=O) groups excluding carboxylic acids is 1. The van der Waals surface area contributed by atoms with Gasteiger partial charge in [0.25, 0.3) is 0 Å². The van der Waals surface area contributed by atoms with Gasteiger partial charge in [0.2, 0.25) is 5.91 Å². The molecule has 114 valence electrons. The van der Waals surface area contributed by atoms with Gasteiger partial charge in [0.1, 0.15) is 18.5 Å². The molecule has 1 amide bonds. The Hall–Kier alpha value is -2.20. The van der Waals surface area contributed by atoms with E-state index in [2.05, 4.69) is 12.1 Å². The van der Waals surface area contributed by atoms with Crippen molar-refractivity contribution in [2.45, 2.75) is 12.5 Å². The molecule has 0 spiro atoms. The van der Waals surface area contributed by atoms with Crippen LogP contribution in [0.2, 0.25) is 0 Å². The second-order valence-electron chi connectivity index (χ2n) is 5.43. The molecule has 3 nitrogen and oxygen atoms in total. The van der Waals surface area contributed by atoms with Crippen molar-refractivity contribution >= 4 is 5.91 Å². The smallest absolute Gasteiger partial charge is 0.248 e. The summed E-state index contributed by atoms with van der Waals surface area (Å²) in [6.07, 6.45) is 0.636. The second-order valence-corrected chi connectivity index (χ2v) is 5.43. The molecule has 3 rings (SSSR count). The van der Waals surface area contributed by atoms with Gasteiger partial charge in [-0.2, -0.15) is 0 Å². The van der Waals surface area contributed by atoms with Gasteiger partial charge in [0.15, 0.2) is 0 Å². The van der Waals surface area contributed by atoms with E-state index >= 15 is 0 Å². The van der Waals surface area contributed by atoms with Crippen LogP contribution in [0.5, 0.6) is 0 Å². The Morgan fingerprint density at radius 3 is 2.55 bits per heavy atom. The first-order valence-corrected chi connectivity index (χ1v) is 7.41. The number of hydrogen-bond donors (Lipinski definition) is 0. The minimum Gasteiger partial charge on any atom is -0.362 e. The maximum atomic E-state index is 13.0. The molecule has 0 aliphatic carbocycles. The highest BCUT2D eigenvalue weighted by Crippen LogP contribution is 2.23. The molecule has 0 radical (unpaired) electrons. The Morgan fingerprint density at radius 2 is 1.82 bits per heavy atom. The number of rotatable bonds is 4. The quantitative estimate of drug-likeness (QED) is 0.868. The fourth-order valence-corrected chi connectivity index (χ4v) is 2.62. The summed E-state index contributed by atoms with van der Waals surface area (Å²) in [5.74, 6) is -0.258. The van der Waals surface area contributed by atoms with Gasteiger partial charge in [-0.15, -0.1) is 0 Å². The Labute approximate surface area is 129 Å². The summed E-state index contributed by atoms with van der Waals surface area (Å²) in [5.41, 5.74) is 2.11. The minimum absolute atomic E-state index is 0.00860. The molecule has 1 atom stereocenters. The summed E-state index contributed by atoms with van der Waals surface area (Å²) in [6, 6.07) is 16.4. The number of halogens is 1. The average molecular weight is 299 g/mol. The van der Waals surface area contributed by atoms with Gasteiger partial charge in [-0.25, -0.2) is 4.39 Å². The highest BCUT2D eigenvalue weighted by atomic mass is 19.1. The van der Waals surface area contributed by atoms with Crippen molar-refractivity contribution in [3.8, 4) is 0 Å². The highest BCUT2D eigenvalue weighted by molar-refractivity contribution is 5.78. The molecule has 2 aromatic carbocycles. The molecule has 2 aromatic rings. The lowest BCUT2D eigenvalue weighted by Gasteiger charge is -2.33. The van der Waals surface area contributed by atoms with E-state index in [4.69, 9.17) is 4.74 Å². The summed E-state index contributed by atoms with van der Waals surface area (Å²) in [4.78, 5) is 13.8. The van der Waals surface area contributed by atoms with E-state index in [1.807, 2.05) is 23.1 Å². The lowest BCUT2D eigenvalue weighted by atomic mass is 10.1. The lowest BCUT2D eigenvalue weighted by molar-refractivity contribution is -0.149. The van der Waals surface area contributed by atoms with Crippen LogP contribution in [-0.2, 0) is 16.0 Å². The van der Waals surface area contributed by atoms with Crippen LogP contribution in [0.4, 0.5) is 4.39 Å². The normalized spacial score (nSPS) is 18.5. The molecular weight excluding hydrogens is 281 g/mol. The molecule has 1 unspecified atom stereocenters. The molecule has 1 heterocycles. The number of carbonyl (C=O) groups is 1. The number of ether oxygens (including phenoxy) is 1. The van der Waals surface area contributed by atoms with Crippen LogP contribution in [0.15, 0.2) is 54.6 Å². The minimum atomic E-state index is -0.267. The van der Waals surface area contributed by atoms with Crippen LogP contribution in [0.25, 0.3) is 0 Å². The van der Waals surface area contributed by atoms with Gasteiger partial charge < -0.3 is 9.64 Å². The largest absolute Gasteiger partial charge is 0.362 e. The molecule has 0 N–H and O–H groups in total. The summed E-state index contributed by atoms with van der Waals surface area (Å²) in [6.45, 7) is 1.26. The first kappa shape index (κ1) is 14.7. The predicted octanol–water partition coefficient (Wildman–Crippen LogP) is 2.97. The van der Waals surface area contributed by atoms with Gasteiger partial charge in [0, 0.05) is 6.54 Å². The van der Waals surface area contributed by atoms with E-state index < -0.39 is 0 Å². The molecule has 0 saturated carbocycles. The van der Waals surface area contributed by atoms with Gasteiger partial charge >= 0.3 is 0 Å². The highest BCUT2D eigenvalue weighted by Gasteiger charge is 2.27. The van der Waals surface area contributed by atoms with Crippen molar-refractivity contribution in [3.05, 3.63) is 71.5 Å². The third-order valence-electron chi connectivity index (χ3n) is 3.90. The maximum absolute atomic E-state index is 13.0. The number of benzene rings is 2. The van der Waals surface area contributed by atoms with Gasteiger partial charge in [-0.1, -0.05) is 42.5 Å².